The van der Waals surface area contributed by atoms with Crippen LogP contribution in [0.2, 0.25) is 0 Å². The van der Waals surface area contributed by atoms with Crippen LogP contribution in [0.4, 0.5) is 20.2 Å². The van der Waals surface area contributed by atoms with E-state index in [2.05, 4.69) is 0 Å². The van der Waals surface area contributed by atoms with Crippen LogP contribution in [0.1, 0.15) is 5.56 Å². The lowest BCUT2D eigenvalue weighted by molar-refractivity contribution is 0.610. The maximum atomic E-state index is 13.6. The minimum atomic E-state index is -0.349. The lowest BCUT2D eigenvalue weighted by Gasteiger charge is -2.22. The second kappa shape index (κ2) is 5.14. The minimum Gasteiger partial charge on any atom is -0.344 e. The van der Waals surface area contributed by atoms with Crippen LogP contribution in [0, 0.1) is 11.6 Å². The molecule has 2 aromatic rings. The van der Waals surface area contributed by atoms with Crippen molar-refractivity contribution in [3.05, 3.63) is 59.7 Å². The molecule has 2 nitrogen and oxygen atoms in total. The standard InChI is InChI=1S/C14H14F2N2/c1-18(11-5-2-4-10(15)8-11)14-7-3-6-13(16)12(14)9-17/h2-8H,9,17H2,1H3. The Morgan fingerprint density at radius 3 is 2.50 bits per heavy atom. The molecule has 0 aromatic heterocycles. The summed E-state index contributed by atoms with van der Waals surface area (Å²) in [6.07, 6.45) is 0. The van der Waals surface area contributed by atoms with E-state index < -0.39 is 0 Å². The molecule has 0 unspecified atom stereocenters. The number of halogens is 2. The van der Waals surface area contributed by atoms with E-state index in [1.807, 2.05) is 0 Å². The van der Waals surface area contributed by atoms with Crippen LogP contribution in [0.25, 0.3) is 0 Å². The fourth-order valence-electron chi connectivity index (χ4n) is 1.89. The van der Waals surface area contributed by atoms with Crippen LogP contribution >= 0.6 is 0 Å². The van der Waals surface area contributed by atoms with Gasteiger partial charge in [-0.05, 0) is 30.3 Å². The Labute approximate surface area is 105 Å². The molecule has 4 heteroatoms. The van der Waals surface area contributed by atoms with Gasteiger partial charge in [0.25, 0.3) is 0 Å². The second-order valence-electron chi connectivity index (χ2n) is 3.98. The van der Waals surface area contributed by atoms with Gasteiger partial charge in [0.15, 0.2) is 0 Å². The van der Waals surface area contributed by atoms with Crippen LogP contribution in [0.3, 0.4) is 0 Å². The number of benzene rings is 2. The van der Waals surface area contributed by atoms with Gasteiger partial charge in [-0.3, -0.25) is 0 Å². The van der Waals surface area contributed by atoms with Crippen molar-refractivity contribution in [3.63, 3.8) is 0 Å². The molecule has 0 fully saturated rings. The first kappa shape index (κ1) is 12.5. The van der Waals surface area contributed by atoms with Gasteiger partial charge in [-0.15, -0.1) is 0 Å². The number of hydrogen-bond acceptors (Lipinski definition) is 2. The van der Waals surface area contributed by atoms with Gasteiger partial charge in [0, 0.05) is 30.5 Å². The van der Waals surface area contributed by atoms with Gasteiger partial charge < -0.3 is 10.6 Å². The Morgan fingerprint density at radius 1 is 1.11 bits per heavy atom. The molecule has 0 aliphatic carbocycles. The first-order chi connectivity index (χ1) is 8.63. The lowest BCUT2D eigenvalue weighted by atomic mass is 10.1. The van der Waals surface area contributed by atoms with Crippen molar-refractivity contribution in [3.8, 4) is 0 Å². The number of rotatable bonds is 3. The second-order valence-corrected chi connectivity index (χ2v) is 3.98. The molecule has 2 rings (SSSR count). The summed E-state index contributed by atoms with van der Waals surface area (Å²) in [5.74, 6) is -0.677. The molecular weight excluding hydrogens is 234 g/mol. The smallest absolute Gasteiger partial charge is 0.129 e. The van der Waals surface area contributed by atoms with E-state index in [1.54, 1.807) is 36.2 Å². The molecule has 0 saturated carbocycles. The van der Waals surface area contributed by atoms with Gasteiger partial charge in [-0.2, -0.15) is 0 Å². The van der Waals surface area contributed by atoms with Gasteiger partial charge >= 0.3 is 0 Å². The third kappa shape index (κ3) is 2.33. The molecule has 0 amide bonds. The summed E-state index contributed by atoms with van der Waals surface area (Å²) in [5.41, 5.74) is 7.27. The van der Waals surface area contributed by atoms with Gasteiger partial charge in [0.05, 0.1) is 0 Å². The fraction of sp³-hybridized carbons (Fsp3) is 0.143. The molecule has 0 atom stereocenters. The zero-order valence-electron chi connectivity index (χ0n) is 10.0. The predicted molar refractivity (Wildman–Crippen MR) is 68.8 cm³/mol. The van der Waals surface area contributed by atoms with Crippen LogP contribution in [0.15, 0.2) is 42.5 Å². The molecule has 0 saturated heterocycles. The van der Waals surface area contributed by atoms with Crippen molar-refractivity contribution >= 4 is 11.4 Å². The molecule has 0 spiro atoms. The molecule has 0 bridgehead atoms. The highest BCUT2D eigenvalue weighted by Gasteiger charge is 2.12. The van der Waals surface area contributed by atoms with Gasteiger partial charge in [0.1, 0.15) is 11.6 Å². The molecule has 0 aliphatic rings. The molecule has 18 heavy (non-hydrogen) atoms. The summed E-state index contributed by atoms with van der Waals surface area (Å²) in [6, 6.07) is 10.9. The van der Waals surface area contributed by atoms with E-state index in [-0.39, 0.29) is 18.2 Å². The molecule has 94 valence electrons. The van der Waals surface area contributed by atoms with E-state index in [0.29, 0.717) is 16.9 Å². The van der Waals surface area contributed by atoms with E-state index in [0.717, 1.165) is 0 Å². The number of nitrogens with two attached hydrogens (primary N) is 1. The SMILES string of the molecule is CN(c1cccc(F)c1)c1cccc(F)c1CN. The molecule has 0 radical (unpaired) electrons. The normalized spacial score (nSPS) is 10.4. The molecule has 0 heterocycles. The summed E-state index contributed by atoms with van der Waals surface area (Å²) in [4.78, 5) is 1.72. The summed E-state index contributed by atoms with van der Waals surface area (Å²) >= 11 is 0. The molecule has 2 N–H and O–H groups in total. The van der Waals surface area contributed by atoms with Crippen LogP contribution in [-0.4, -0.2) is 7.05 Å². The molecule has 2 aromatic carbocycles. The third-order valence-corrected chi connectivity index (χ3v) is 2.86. The summed E-state index contributed by atoms with van der Waals surface area (Å²) in [7, 11) is 1.75. The van der Waals surface area contributed by atoms with Crippen molar-refractivity contribution < 1.29 is 8.78 Å². The summed E-state index contributed by atoms with van der Waals surface area (Å²) < 4.78 is 26.8. The van der Waals surface area contributed by atoms with E-state index in [4.69, 9.17) is 5.73 Å². The van der Waals surface area contributed by atoms with Crippen molar-refractivity contribution in [2.45, 2.75) is 6.54 Å². The van der Waals surface area contributed by atoms with Crippen molar-refractivity contribution in [1.82, 2.24) is 0 Å². The largest absolute Gasteiger partial charge is 0.344 e. The minimum absolute atomic E-state index is 0.0989. The zero-order valence-corrected chi connectivity index (χ0v) is 10.0. The van der Waals surface area contributed by atoms with E-state index >= 15 is 0 Å². The Hall–Kier alpha value is -1.94. The maximum absolute atomic E-state index is 13.6. The number of anilines is 2. The monoisotopic (exact) mass is 248 g/mol. The van der Waals surface area contributed by atoms with Crippen LogP contribution in [-0.2, 0) is 6.54 Å². The topological polar surface area (TPSA) is 29.3 Å². The van der Waals surface area contributed by atoms with Crippen molar-refractivity contribution in [2.75, 3.05) is 11.9 Å². The van der Waals surface area contributed by atoms with Crippen molar-refractivity contribution in [1.29, 1.82) is 0 Å². The average Bonchev–Trinajstić information content (AvgIpc) is 2.37. The van der Waals surface area contributed by atoms with Gasteiger partial charge in [-0.1, -0.05) is 12.1 Å². The van der Waals surface area contributed by atoms with E-state index in [9.17, 15) is 8.78 Å². The maximum Gasteiger partial charge on any atom is 0.129 e. The van der Waals surface area contributed by atoms with Crippen molar-refractivity contribution in [2.24, 2.45) is 5.73 Å². The Morgan fingerprint density at radius 2 is 1.83 bits per heavy atom. The predicted octanol–water partition coefficient (Wildman–Crippen LogP) is 3.19. The highest BCUT2D eigenvalue weighted by Crippen LogP contribution is 2.28. The fourth-order valence-corrected chi connectivity index (χ4v) is 1.89. The quantitative estimate of drug-likeness (QED) is 0.903. The highest BCUT2D eigenvalue weighted by molar-refractivity contribution is 5.65. The van der Waals surface area contributed by atoms with Gasteiger partial charge in [0.2, 0.25) is 0 Å². The Bertz CT molecular complexity index is 555. The lowest BCUT2D eigenvalue weighted by Crippen LogP contribution is -2.14. The van der Waals surface area contributed by atoms with E-state index in [1.165, 1.54) is 18.2 Å². The number of nitrogens with zero attached hydrogens (tertiary/aromatic N) is 1. The molecule has 0 aliphatic heterocycles. The Balaban J connectivity index is 2.46. The van der Waals surface area contributed by atoms with Crippen LogP contribution < -0.4 is 10.6 Å². The molecular formula is C14H14F2N2. The van der Waals surface area contributed by atoms with Gasteiger partial charge in [-0.25, -0.2) is 8.78 Å². The third-order valence-electron chi connectivity index (χ3n) is 2.86. The first-order valence-corrected chi connectivity index (χ1v) is 5.60. The number of hydrogen-bond donors (Lipinski definition) is 1. The Kier molecular flexibility index (Phi) is 3.58. The summed E-state index contributed by atoms with van der Waals surface area (Å²) in [6.45, 7) is 0.0989. The first-order valence-electron chi connectivity index (χ1n) is 5.60. The summed E-state index contributed by atoms with van der Waals surface area (Å²) in [5, 5.41) is 0. The highest BCUT2D eigenvalue weighted by atomic mass is 19.1. The average molecular weight is 248 g/mol. The zero-order chi connectivity index (χ0) is 13.1. The van der Waals surface area contributed by atoms with Crippen LogP contribution in [0.5, 0.6) is 0 Å².